The van der Waals surface area contributed by atoms with E-state index in [1.165, 1.54) is 0 Å². The quantitative estimate of drug-likeness (QED) is 0.447. The Hall–Kier alpha value is -2.25. The van der Waals surface area contributed by atoms with Gasteiger partial charge in [0.05, 0.1) is 17.2 Å². The molecule has 0 aliphatic heterocycles. The molecule has 0 atom stereocenters. The molecule has 0 spiro atoms. The summed E-state index contributed by atoms with van der Waals surface area (Å²) in [7, 11) is 0. The molecule has 0 fully saturated rings. The Kier molecular flexibility index (Phi) is 4.32. The van der Waals surface area contributed by atoms with Crippen LogP contribution in [0.5, 0.6) is 0 Å². The lowest BCUT2D eigenvalue weighted by molar-refractivity contribution is -0.385. The van der Waals surface area contributed by atoms with Gasteiger partial charge >= 0.3 is 0 Å². The molecule has 17 heavy (non-hydrogen) atoms. The van der Waals surface area contributed by atoms with Gasteiger partial charge in [-0.15, -0.1) is 0 Å². The van der Waals surface area contributed by atoms with Crippen molar-refractivity contribution in [3.05, 3.63) is 27.9 Å². The number of alkyl halides is 1. The summed E-state index contributed by atoms with van der Waals surface area (Å²) in [6.45, 7) is -0.416. The summed E-state index contributed by atoms with van der Waals surface area (Å²) in [6, 6.07) is 1.03. The van der Waals surface area contributed by atoms with E-state index >= 15 is 0 Å². The second-order valence-electron chi connectivity index (χ2n) is 3.18. The lowest BCUT2D eigenvalue weighted by Crippen LogP contribution is -2.26. The third-order valence-electron chi connectivity index (χ3n) is 1.96. The number of nitrogens with zero attached hydrogens (tertiary/aromatic N) is 2. The number of aromatic nitrogens is 1. The number of nitrogen functional groups attached to an aromatic ring is 1. The molecular formula is C9H11FN4O3. The highest BCUT2D eigenvalue weighted by molar-refractivity contribution is 5.98. The van der Waals surface area contributed by atoms with Crippen LogP contribution in [0.25, 0.3) is 0 Å². The number of nitro groups is 1. The molecule has 1 heterocycles. The first kappa shape index (κ1) is 12.8. The normalized spacial score (nSPS) is 9.94. The number of nitrogens with two attached hydrogens (primary N) is 1. The Labute approximate surface area is 96.0 Å². The average molecular weight is 242 g/mol. The standard InChI is InChI=1S/C9H11FN4O3/c10-2-1-3-12-9(15)7-4-6(14(16)17)5-13-8(7)11/h4-5H,1-3H2,(H2,11,13)(H,12,15). The average Bonchev–Trinajstić information content (AvgIpc) is 2.29. The fourth-order valence-corrected chi connectivity index (χ4v) is 1.11. The number of nitrogens with one attached hydrogen (secondary N) is 1. The predicted molar refractivity (Wildman–Crippen MR) is 58.2 cm³/mol. The second-order valence-corrected chi connectivity index (χ2v) is 3.18. The molecule has 0 bridgehead atoms. The molecule has 0 saturated heterocycles. The summed E-state index contributed by atoms with van der Waals surface area (Å²) in [6.07, 6.45) is 1.14. The minimum atomic E-state index is -0.676. The van der Waals surface area contributed by atoms with Crippen molar-refractivity contribution in [2.45, 2.75) is 6.42 Å². The van der Waals surface area contributed by atoms with Crippen molar-refractivity contribution in [2.24, 2.45) is 0 Å². The minimum Gasteiger partial charge on any atom is -0.383 e. The molecule has 92 valence electrons. The van der Waals surface area contributed by atoms with Crippen molar-refractivity contribution in [1.29, 1.82) is 0 Å². The zero-order valence-corrected chi connectivity index (χ0v) is 8.85. The molecule has 0 aliphatic rings. The molecule has 7 nitrogen and oxygen atoms in total. The van der Waals surface area contributed by atoms with Crippen LogP contribution in [0.4, 0.5) is 15.9 Å². The lowest BCUT2D eigenvalue weighted by Gasteiger charge is -2.05. The summed E-state index contributed by atoms with van der Waals surface area (Å²) in [4.78, 5) is 24.9. The zero-order valence-electron chi connectivity index (χ0n) is 8.85. The van der Waals surface area contributed by atoms with Gasteiger partial charge in [0.2, 0.25) is 0 Å². The highest BCUT2D eigenvalue weighted by Crippen LogP contribution is 2.16. The topological polar surface area (TPSA) is 111 Å². The molecule has 0 unspecified atom stereocenters. The van der Waals surface area contributed by atoms with Crippen LogP contribution in [0.3, 0.4) is 0 Å². The molecule has 0 aliphatic carbocycles. The Balaban J connectivity index is 2.84. The van der Waals surface area contributed by atoms with Gasteiger partial charge in [0, 0.05) is 12.6 Å². The molecule has 3 N–H and O–H groups in total. The van der Waals surface area contributed by atoms with E-state index in [4.69, 9.17) is 5.73 Å². The maximum absolute atomic E-state index is 11.8. The van der Waals surface area contributed by atoms with E-state index in [-0.39, 0.29) is 30.0 Å². The van der Waals surface area contributed by atoms with E-state index in [0.29, 0.717) is 0 Å². The zero-order chi connectivity index (χ0) is 12.8. The third kappa shape index (κ3) is 3.37. The van der Waals surface area contributed by atoms with Crippen LogP contribution in [0.2, 0.25) is 0 Å². The van der Waals surface area contributed by atoms with E-state index < -0.39 is 17.5 Å². The molecule has 1 rings (SSSR count). The lowest BCUT2D eigenvalue weighted by atomic mass is 10.2. The molecule has 1 aromatic rings. The fraction of sp³-hybridized carbons (Fsp3) is 0.333. The van der Waals surface area contributed by atoms with Crippen molar-refractivity contribution < 1.29 is 14.1 Å². The van der Waals surface area contributed by atoms with Crippen molar-refractivity contribution in [1.82, 2.24) is 10.3 Å². The van der Waals surface area contributed by atoms with Crippen LogP contribution in [0.15, 0.2) is 12.3 Å². The molecule has 1 amide bonds. The third-order valence-corrected chi connectivity index (χ3v) is 1.96. The maximum atomic E-state index is 11.8. The van der Waals surface area contributed by atoms with E-state index in [9.17, 15) is 19.3 Å². The number of hydrogen-bond acceptors (Lipinski definition) is 5. The van der Waals surface area contributed by atoms with Gasteiger partial charge in [-0.1, -0.05) is 0 Å². The first-order valence-electron chi connectivity index (χ1n) is 4.80. The molecule has 1 aromatic heterocycles. The number of anilines is 1. The number of halogens is 1. The van der Waals surface area contributed by atoms with Crippen molar-refractivity contribution in [3.8, 4) is 0 Å². The van der Waals surface area contributed by atoms with Crippen molar-refractivity contribution in [3.63, 3.8) is 0 Å². The van der Waals surface area contributed by atoms with Gasteiger partial charge in [-0.25, -0.2) is 4.98 Å². The molecule has 0 saturated carbocycles. The Morgan fingerprint density at radius 1 is 1.65 bits per heavy atom. The van der Waals surface area contributed by atoms with Crippen molar-refractivity contribution in [2.75, 3.05) is 19.0 Å². The van der Waals surface area contributed by atoms with E-state index in [1.54, 1.807) is 0 Å². The summed E-state index contributed by atoms with van der Waals surface area (Å²) >= 11 is 0. The van der Waals surface area contributed by atoms with E-state index in [2.05, 4.69) is 10.3 Å². The molecule has 0 radical (unpaired) electrons. The summed E-state index contributed by atoms with van der Waals surface area (Å²) < 4.78 is 11.8. The number of pyridine rings is 1. The largest absolute Gasteiger partial charge is 0.383 e. The summed E-state index contributed by atoms with van der Waals surface area (Å²) in [5.41, 5.74) is 5.02. The van der Waals surface area contributed by atoms with Gasteiger partial charge < -0.3 is 11.1 Å². The molecular weight excluding hydrogens is 231 g/mol. The second kappa shape index (κ2) is 5.73. The van der Waals surface area contributed by atoms with Crippen LogP contribution in [0.1, 0.15) is 16.8 Å². The minimum absolute atomic E-state index is 0.0851. The van der Waals surface area contributed by atoms with Gasteiger partial charge in [0.1, 0.15) is 12.0 Å². The number of amides is 1. The van der Waals surface area contributed by atoms with Crippen LogP contribution < -0.4 is 11.1 Å². The van der Waals surface area contributed by atoms with Gasteiger partial charge in [-0.2, -0.15) is 0 Å². The van der Waals surface area contributed by atoms with Crippen LogP contribution in [-0.4, -0.2) is 29.0 Å². The Bertz CT molecular complexity index is 438. The number of rotatable bonds is 5. The molecule has 0 aromatic carbocycles. The predicted octanol–water partition coefficient (Wildman–Crippen LogP) is 0.661. The first-order chi connectivity index (χ1) is 8.06. The monoisotopic (exact) mass is 242 g/mol. The smallest absolute Gasteiger partial charge is 0.288 e. The molecule has 8 heteroatoms. The van der Waals surface area contributed by atoms with E-state index in [1.807, 2.05) is 0 Å². The highest BCUT2D eigenvalue weighted by Gasteiger charge is 2.15. The Morgan fingerprint density at radius 3 is 2.94 bits per heavy atom. The first-order valence-corrected chi connectivity index (χ1v) is 4.80. The van der Waals surface area contributed by atoms with Gasteiger partial charge in [0.15, 0.2) is 0 Å². The van der Waals surface area contributed by atoms with Crippen LogP contribution in [0, 0.1) is 10.1 Å². The summed E-state index contributed by atoms with van der Waals surface area (Å²) in [5.74, 6) is -0.708. The van der Waals surface area contributed by atoms with Gasteiger partial charge in [-0.3, -0.25) is 19.3 Å². The Morgan fingerprint density at radius 2 is 2.35 bits per heavy atom. The number of carbonyl (C=O) groups is 1. The summed E-state index contributed by atoms with van der Waals surface area (Å²) in [5, 5.41) is 12.9. The fourth-order valence-electron chi connectivity index (χ4n) is 1.11. The highest BCUT2D eigenvalue weighted by atomic mass is 19.1. The van der Waals surface area contributed by atoms with Crippen molar-refractivity contribution >= 4 is 17.4 Å². The maximum Gasteiger partial charge on any atom is 0.288 e. The van der Waals surface area contributed by atoms with Gasteiger partial charge in [0.25, 0.3) is 11.6 Å². The van der Waals surface area contributed by atoms with Crippen LogP contribution >= 0.6 is 0 Å². The van der Waals surface area contributed by atoms with E-state index in [0.717, 1.165) is 12.3 Å². The SMILES string of the molecule is Nc1ncc([N+](=O)[O-])cc1C(=O)NCCCF. The number of carbonyl (C=O) groups excluding carboxylic acids is 1. The van der Waals surface area contributed by atoms with Gasteiger partial charge in [-0.05, 0) is 6.42 Å². The van der Waals surface area contributed by atoms with Crippen LogP contribution in [-0.2, 0) is 0 Å². The number of hydrogen-bond donors (Lipinski definition) is 2.